The molecule has 1 unspecified atom stereocenters. The van der Waals surface area contributed by atoms with Crippen LogP contribution in [0.1, 0.15) is 21.4 Å². The molecule has 2 aromatic heterocycles. The SMILES string of the molecule is N#CC(C(=O)c1cccc(F)n1)c1nc2cc(Cl)ccc2s1. The summed E-state index contributed by atoms with van der Waals surface area (Å²) in [5.41, 5.74) is 0.525. The summed E-state index contributed by atoms with van der Waals surface area (Å²) in [6.07, 6.45) is 0. The number of aromatic nitrogens is 2. The number of Topliss-reactive ketones (excluding diaryl/α,β-unsaturated/α-hetero) is 1. The Kier molecular flexibility index (Phi) is 3.84. The second-order valence-corrected chi connectivity index (χ2v) is 5.93. The van der Waals surface area contributed by atoms with Crippen LogP contribution >= 0.6 is 22.9 Å². The molecule has 0 bridgehead atoms. The minimum Gasteiger partial charge on any atom is -0.290 e. The maximum atomic E-state index is 13.1. The number of ketones is 1. The van der Waals surface area contributed by atoms with E-state index in [4.69, 9.17) is 11.6 Å². The molecule has 4 nitrogen and oxygen atoms in total. The number of nitrogens with zero attached hydrogens (tertiary/aromatic N) is 3. The van der Waals surface area contributed by atoms with E-state index in [0.29, 0.717) is 15.5 Å². The maximum absolute atomic E-state index is 13.1. The number of rotatable bonds is 3. The molecular formula is C15H7ClFN3OS. The van der Waals surface area contributed by atoms with Crippen LogP contribution in [-0.4, -0.2) is 15.8 Å². The number of carbonyl (C=O) groups is 1. The number of fused-ring (bicyclic) bond motifs is 1. The minimum atomic E-state index is -1.12. The van der Waals surface area contributed by atoms with Gasteiger partial charge in [0.1, 0.15) is 10.7 Å². The Morgan fingerprint density at radius 1 is 1.32 bits per heavy atom. The molecule has 0 fully saturated rings. The van der Waals surface area contributed by atoms with Gasteiger partial charge in [-0.25, -0.2) is 9.97 Å². The van der Waals surface area contributed by atoms with Gasteiger partial charge in [0.15, 0.2) is 5.92 Å². The van der Waals surface area contributed by atoms with Crippen molar-refractivity contribution in [1.82, 2.24) is 9.97 Å². The van der Waals surface area contributed by atoms with Gasteiger partial charge in [-0.1, -0.05) is 17.7 Å². The van der Waals surface area contributed by atoms with Crippen molar-refractivity contribution in [2.75, 3.05) is 0 Å². The van der Waals surface area contributed by atoms with Crippen LogP contribution in [0.15, 0.2) is 36.4 Å². The molecule has 0 saturated heterocycles. The summed E-state index contributed by atoms with van der Waals surface area (Å²) < 4.78 is 14.0. The van der Waals surface area contributed by atoms with Crippen LogP contribution in [0.5, 0.6) is 0 Å². The van der Waals surface area contributed by atoms with Gasteiger partial charge in [0.05, 0.1) is 16.3 Å². The highest BCUT2D eigenvalue weighted by Crippen LogP contribution is 2.30. The van der Waals surface area contributed by atoms with Gasteiger partial charge >= 0.3 is 0 Å². The van der Waals surface area contributed by atoms with Crippen LogP contribution in [-0.2, 0) is 0 Å². The van der Waals surface area contributed by atoms with Crippen molar-refractivity contribution in [2.45, 2.75) is 5.92 Å². The average molecular weight is 332 g/mol. The third-order valence-corrected chi connectivity index (χ3v) is 4.31. The van der Waals surface area contributed by atoms with Crippen LogP contribution in [0, 0.1) is 17.3 Å². The standard InChI is InChI=1S/C15H7ClFN3OS/c16-8-4-5-12-11(6-8)20-15(22-12)9(7-18)14(21)10-2-1-3-13(17)19-10/h1-6,9H. The van der Waals surface area contributed by atoms with E-state index in [0.717, 1.165) is 10.8 Å². The molecule has 0 spiro atoms. The first-order valence-electron chi connectivity index (χ1n) is 6.21. The Morgan fingerprint density at radius 2 is 2.14 bits per heavy atom. The molecule has 0 N–H and O–H groups in total. The van der Waals surface area contributed by atoms with E-state index in [1.165, 1.54) is 23.5 Å². The van der Waals surface area contributed by atoms with Gasteiger partial charge in [0, 0.05) is 5.02 Å². The van der Waals surface area contributed by atoms with E-state index in [-0.39, 0.29) is 5.69 Å². The first kappa shape index (κ1) is 14.6. The van der Waals surface area contributed by atoms with Crippen molar-refractivity contribution in [3.05, 3.63) is 58.1 Å². The third-order valence-electron chi connectivity index (χ3n) is 2.97. The highest BCUT2D eigenvalue weighted by atomic mass is 35.5. The smallest absolute Gasteiger partial charge is 0.213 e. The predicted molar refractivity (Wildman–Crippen MR) is 81.5 cm³/mol. The van der Waals surface area contributed by atoms with Gasteiger partial charge in [0.25, 0.3) is 0 Å². The van der Waals surface area contributed by atoms with Crippen molar-refractivity contribution in [3.63, 3.8) is 0 Å². The van der Waals surface area contributed by atoms with Crippen molar-refractivity contribution >= 4 is 38.9 Å². The quantitative estimate of drug-likeness (QED) is 0.538. The molecule has 1 aromatic carbocycles. The van der Waals surface area contributed by atoms with Gasteiger partial charge in [-0.2, -0.15) is 9.65 Å². The zero-order valence-corrected chi connectivity index (χ0v) is 12.5. The van der Waals surface area contributed by atoms with Gasteiger partial charge in [-0.15, -0.1) is 11.3 Å². The van der Waals surface area contributed by atoms with E-state index in [1.54, 1.807) is 18.2 Å². The molecule has 0 radical (unpaired) electrons. The lowest BCUT2D eigenvalue weighted by atomic mass is 10.0. The van der Waals surface area contributed by atoms with E-state index >= 15 is 0 Å². The van der Waals surface area contributed by atoms with E-state index in [2.05, 4.69) is 9.97 Å². The van der Waals surface area contributed by atoms with Crippen LogP contribution in [0.25, 0.3) is 10.2 Å². The number of carbonyl (C=O) groups excluding carboxylic acids is 1. The molecule has 0 amide bonds. The summed E-state index contributed by atoms with van der Waals surface area (Å²) in [4.78, 5) is 20.2. The average Bonchev–Trinajstić information content (AvgIpc) is 2.90. The van der Waals surface area contributed by atoms with Crippen LogP contribution in [0.4, 0.5) is 4.39 Å². The second-order valence-electron chi connectivity index (χ2n) is 4.44. The Morgan fingerprint density at radius 3 is 2.86 bits per heavy atom. The summed E-state index contributed by atoms with van der Waals surface area (Å²) in [6, 6.07) is 11.0. The number of thiazole rings is 1. The van der Waals surface area contributed by atoms with E-state index in [9.17, 15) is 14.4 Å². The molecule has 2 heterocycles. The third kappa shape index (κ3) is 2.69. The number of halogens is 2. The molecule has 0 aliphatic carbocycles. The monoisotopic (exact) mass is 331 g/mol. The van der Waals surface area contributed by atoms with Gasteiger partial charge in [0.2, 0.25) is 11.7 Å². The Hall–Kier alpha value is -2.36. The fourth-order valence-electron chi connectivity index (χ4n) is 1.96. The van der Waals surface area contributed by atoms with Gasteiger partial charge in [-0.05, 0) is 30.3 Å². The van der Waals surface area contributed by atoms with Crippen molar-refractivity contribution in [3.8, 4) is 6.07 Å². The molecule has 22 heavy (non-hydrogen) atoms. The largest absolute Gasteiger partial charge is 0.290 e. The molecule has 1 atom stereocenters. The van der Waals surface area contributed by atoms with Crippen LogP contribution in [0.3, 0.4) is 0 Å². The number of hydrogen-bond acceptors (Lipinski definition) is 5. The molecular weight excluding hydrogens is 325 g/mol. The van der Waals surface area contributed by atoms with E-state index in [1.807, 2.05) is 6.07 Å². The van der Waals surface area contributed by atoms with Crippen LogP contribution in [0.2, 0.25) is 5.02 Å². The summed E-state index contributed by atoms with van der Waals surface area (Å²) in [6.45, 7) is 0. The minimum absolute atomic E-state index is 0.0937. The maximum Gasteiger partial charge on any atom is 0.213 e. The highest BCUT2D eigenvalue weighted by molar-refractivity contribution is 7.18. The van der Waals surface area contributed by atoms with E-state index < -0.39 is 17.6 Å². The van der Waals surface area contributed by atoms with Gasteiger partial charge in [-0.3, -0.25) is 4.79 Å². The number of nitriles is 1. The molecule has 108 valence electrons. The molecule has 0 aliphatic rings. The Labute approximate surface area is 133 Å². The number of pyridine rings is 1. The number of hydrogen-bond donors (Lipinski definition) is 0. The first-order valence-corrected chi connectivity index (χ1v) is 7.40. The zero-order valence-electron chi connectivity index (χ0n) is 11.0. The van der Waals surface area contributed by atoms with Crippen molar-refractivity contribution in [2.24, 2.45) is 0 Å². The fraction of sp³-hybridized carbons (Fsp3) is 0.0667. The van der Waals surface area contributed by atoms with Crippen molar-refractivity contribution < 1.29 is 9.18 Å². The normalized spacial score (nSPS) is 12.0. The lowest BCUT2D eigenvalue weighted by Gasteiger charge is -2.03. The van der Waals surface area contributed by atoms with Crippen molar-refractivity contribution in [1.29, 1.82) is 5.26 Å². The lowest BCUT2D eigenvalue weighted by Crippen LogP contribution is -2.13. The lowest BCUT2D eigenvalue weighted by molar-refractivity contribution is 0.0973. The zero-order chi connectivity index (χ0) is 15.7. The molecule has 0 saturated carbocycles. The highest BCUT2D eigenvalue weighted by Gasteiger charge is 2.26. The Bertz CT molecular complexity index is 919. The fourth-order valence-corrected chi connectivity index (χ4v) is 3.12. The number of benzene rings is 1. The second kappa shape index (κ2) is 5.79. The van der Waals surface area contributed by atoms with Gasteiger partial charge < -0.3 is 0 Å². The summed E-state index contributed by atoms with van der Waals surface area (Å²) in [7, 11) is 0. The van der Waals surface area contributed by atoms with Crippen LogP contribution < -0.4 is 0 Å². The summed E-state index contributed by atoms with van der Waals surface area (Å²) in [5.74, 6) is -2.46. The topological polar surface area (TPSA) is 66.6 Å². The molecule has 0 aliphatic heterocycles. The molecule has 7 heteroatoms. The predicted octanol–water partition coefficient (Wildman–Crippen LogP) is 3.97. The molecule has 3 aromatic rings. The molecule has 3 rings (SSSR count). The summed E-state index contributed by atoms with van der Waals surface area (Å²) >= 11 is 7.13. The Balaban J connectivity index is 2.02. The first-order chi connectivity index (χ1) is 10.6. The summed E-state index contributed by atoms with van der Waals surface area (Å²) in [5, 5.41) is 10.2.